The van der Waals surface area contributed by atoms with Crippen LogP contribution in [0.25, 0.3) is 0 Å². The first-order chi connectivity index (χ1) is 9.31. The van der Waals surface area contributed by atoms with Crippen molar-refractivity contribution in [2.24, 2.45) is 0 Å². The Kier molecular flexibility index (Phi) is 4.12. The first-order valence-corrected chi connectivity index (χ1v) is 7.40. The number of halogens is 1. The monoisotopic (exact) mass is 298 g/mol. The van der Waals surface area contributed by atoms with Crippen LogP contribution in [0, 0.1) is 0 Å². The Labute approximate surface area is 120 Å². The molecule has 1 aliphatic rings. The van der Waals surface area contributed by atoms with Gasteiger partial charge in [0.15, 0.2) is 0 Å². The van der Waals surface area contributed by atoms with Crippen molar-refractivity contribution in [1.82, 2.24) is 19.4 Å². The van der Waals surface area contributed by atoms with E-state index in [4.69, 9.17) is 16.0 Å². The maximum atomic E-state index is 6.03. The fourth-order valence-electron chi connectivity index (χ4n) is 2.23. The highest BCUT2D eigenvalue weighted by molar-refractivity contribution is 7.10. The molecule has 0 unspecified atom stereocenters. The predicted octanol–water partition coefficient (Wildman–Crippen LogP) is 2.10. The van der Waals surface area contributed by atoms with Crippen molar-refractivity contribution in [3.8, 4) is 0 Å². The van der Waals surface area contributed by atoms with Crippen LogP contribution in [-0.2, 0) is 13.1 Å². The molecule has 1 saturated heterocycles. The minimum Gasteiger partial charge on any atom is -0.468 e. The van der Waals surface area contributed by atoms with E-state index in [0.717, 1.165) is 50.7 Å². The molecule has 0 amide bonds. The van der Waals surface area contributed by atoms with Crippen molar-refractivity contribution in [2.75, 3.05) is 26.2 Å². The summed E-state index contributed by atoms with van der Waals surface area (Å²) in [6, 6.07) is 3.95. The zero-order valence-corrected chi connectivity index (χ0v) is 12.0. The Hall–Kier alpha value is -0.950. The lowest BCUT2D eigenvalue weighted by molar-refractivity contribution is 0.115. The number of aromatic nitrogens is 2. The van der Waals surface area contributed by atoms with E-state index in [1.54, 1.807) is 6.26 Å². The predicted molar refractivity (Wildman–Crippen MR) is 74.2 cm³/mol. The average molecular weight is 299 g/mol. The molecule has 2 aromatic rings. The number of rotatable bonds is 4. The normalized spacial score (nSPS) is 17.9. The molecular weight excluding hydrogens is 284 g/mol. The number of furan rings is 1. The summed E-state index contributed by atoms with van der Waals surface area (Å²) in [7, 11) is 0. The van der Waals surface area contributed by atoms with Gasteiger partial charge in [-0.2, -0.15) is 0 Å². The van der Waals surface area contributed by atoms with Crippen LogP contribution in [0.3, 0.4) is 0 Å². The van der Waals surface area contributed by atoms with Gasteiger partial charge in [-0.25, -0.2) is 0 Å². The fourth-order valence-corrected chi connectivity index (χ4v) is 2.84. The van der Waals surface area contributed by atoms with Gasteiger partial charge in [-0.15, -0.1) is 5.10 Å². The molecule has 7 heteroatoms. The van der Waals surface area contributed by atoms with Crippen molar-refractivity contribution < 1.29 is 4.42 Å². The summed E-state index contributed by atoms with van der Waals surface area (Å²) in [4.78, 5) is 4.76. The van der Waals surface area contributed by atoms with Crippen LogP contribution >= 0.6 is 23.1 Å². The van der Waals surface area contributed by atoms with Crippen LogP contribution in [0.15, 0.2) is 22.8 Å². The molecule has 0 bridgehead atoms. The maximum absolute atomic E-state index is 6.03. The molecule has 5 nitrogen and oxygen atoms in total. The standard InChI is InChI=1S/C12H15ClN4OS/c13-12-11(14-15-19-12)9-17-5-3-16(4-6-17)8-10-2-1-7-18-10/h1-2,7H,3-6,8-9H2. The van der Waals surface area contributed by atoms with E-state index in [2.05, 4.69) is 19.4 Å². The molecule has 0 aliphatic carbocycles. The van der Waals surface area contributed by atoms with Crippen LogP contribution < -0.4 is 0 Å². The molecule has 0 N–H and O–H groups in total. The SMILES string of the molecule is Clc1snnc1CN1CCN(Cc2ccco2)CC1. The van der Waals surface area contributed by atoms with Crippen molar-refractivity contribution in [1.29, 1.82) is 0 Å². The van der Waals surface area contributed by atoms with Gasteiger partial charge in [-0.1, -0.05) is 16.1 Å². The molecule has 102 valence electrons. The summed E-state index contributed by atoms with van der Waals surface area (Å²) in [5.41, 5.74) is 0.895. The molecule has 0 atom stereocenters. The Balaban J connectivity index is 1.48. The number of nitrogens with zero attached hydrogens (tertiary/aromatic N) is 4. The summed E-state index contributed by atoms with van der Waals surface area (Å²) in [6.07, 6.45) is 1.73. The lowest BCUT2D eigenvalue weighted by Gasteiger charge is -2.33. The summed E-state index contributed by atoms with van der Waals surface area (Å²) >= 11 is 7.28. The number of hydrogen-bond donors (Lipinski definition) is 0. The fraction of sp³-hybridized carbons (Fsp3) is 0.500. The van der Waals surface area contributed by atoms with Crippen molar-refractivity contribution in [3.05, 3.63) is 34.2 Å². The molecule has 0 spiro atoms. The first-order valence-electron chi connectivity index (χ1n) is 6.25. The van der Waals surface area contributed by atoms with Gasteiger partial charge in [-0.3, -0.25) is 9.80 Å². The highest BCUT2D eigenvalue weighted by atomic mass is 35.5. The number of piperazine rings is 1. The van der Waals surface area contributed by atoms with Gasteiger partial charge in [0, 0.05) is 44.3 Å². The smallest absolute Gasteiger partial charge is 0.138 e. The van der Waals surface area contributed by atoms with Gasteiger partial charge in [0.2, 0.25) is 0 Å². The topological polar surface area (TPSA) is 45.4 Å². The third-order valence-corrected chi connectivity index (χ3v) is 4.29. The van der Waals surface area contributed by atoms with Crippen LogP contribution in [0.2, 0.25) is 4.34 Å². The van der Waals surface area contributed by atoms with Crippen LogP contribution in [0.1, 0.15) is 11.5 Å². The molecular formula is C12H15ClN4OS. The third kappa shape index (κ3) is 3.33. The zero-order chi connectivity index (χ0) is 13.1. The average Bonchev–Trinajstić information content (AvgIpc) is 3.05. The number of hydrogen-bond acceptors (Lipinski definition) is 6. The van der Waals surface area contributed by atoms with Gasteiger partial charge >= 0.3 is 0 Å². The third-order valence-electron chi connectivity index (χ3n) is 3.31. The van der Waals surface area contributed by atoms with Crippen molar-refractivity contribution in [3.63, 3.8) is 0 Å². The largest absolute Gasteiger partial charge is 0.468 e. The second kappa shape index (κ2) is 6.00. The van der Waals surface area contributed by atoms with E-state index in [1.807, 2.05) is 12.1 Å². The van der Waals surface area contributed by atoms with E-state index in [1.165, 1.54) is 11.5 Å². The first kappa shape index (κ1) is 13.1. The lowest BCUT2D eigenvalue weighted by Crippen LogP contribution is -2.45. The summed E-state index contributed by atoms with van der Waals surface area (Å²) in [6.45, 7) is 5.80. The van der Waals surface area contributed by atoms with Gasteiger partial charge < -0.3 is 4.42 Å². The van der Waals surface area contributed by atoms with Gasteiger partial charge in [-0.05, 0) is 12.1 Å². The summed E-state index contributed by atoms with van der Waals surface area (Å²) in [5, 5.41) is 4.06. The second-order valence-corrected chi connectivity index (χ2v) is 5.98. The molecule has 3 rings (SSSR count). The van der Waals surface area contributed by atoms with Gasteiger partial charge in [0.05, 0.1) is 12.8 Å². The molecule has 1 fully saturated rings. The quantitative estimate of drug-likeness (QED) is 0.865. The molecule has 0 radical (unpaired) electrons. The molecule has 1 aliphatic heterocycles. The Bertz CT molecular complexity index is 508. The summed E-state index contributed by atoms with van der Waals surface area (Å²) in [5.74, 6) is 1.03. The van der Waals surface area contributed by atoms with Crippen LogP contribution in [-0.4, -0.2) is 45.6 Å². The van der Waals surface area contributed by atoms with Crippen molar-refractivity contribution in [2.45, 2.75) is 13.1 Å². The Morgan fingerprint density at radius 1 is 1.21 bits per heavy atom. The molecule has 2 aromatic heterocycles. The highest BCUT2D eigenvalue weighted by Crippen LogP contribution is 2.19. The molecule has 0 saturated carbocycles. The maximum Gasteiger partial charge on any atom is 0.138 e. The lowest BCUT2D eigenvalue weighted by atomic mass is 10.3. The van der Waals surface area contributed by atoms with Crippen molar-refractivity contribution >= 4 is 23.1 Å². The Morgan fingerprint density at radius 2 is 1.95 bits per heavy atom. The summed E-state index contributed by atoms with van der Waals surface area (Å²) < 4.78 is 9.94. The van der Waals surface area contributed by atoms with E-state index in [-0.39, 0.29) is 0 Å². The van der Waals surface area contributed by atoms with Crippen LogP contribution in [0.4, 0.5) is 0 Å². The van der Waals surface area contributed by atoms with Gasteiger partial charge in [0.1, 0.15) is 15.8 Å². The molecule has 3 heterocycles. The molecule has 19 heavy (non-hydrogen) atoms. The van der Waals surface area contributed by atoms with E-state index < -0.39 is 0 Å². The van der Waals surface area contributed by atoms with E-state index >= 15 is 0 Å². The minimum absolute atomic E-state index is 0.706. The molecule has 0 aromatic carbocycles. The second-order valence-electron chi connectivity index (χ2n) is 4.62. The van der Waals surface area contributed by atoms with Gasteiger partial charge in [0.25, 0.3) is 0 Å². The minimum atomic E-state index is 0.706. The van der Waals surface area contributed by atoms with Crippen LogP contribution in [0.5, 0.6) is 0 Å². The highest BCUT2D eigenvalue weighted by Gasteiger charge is 2.19. The van der Waals surface area contributed by atoms with E-state index in [9.17, 15) is 0 Å². The van der Waals surface area contributed by atoms with E-state index in [0.29, 0.717) is 4.34 Å². The zero-order valence-electron chi connectivity index (χ0n) is 10.5. The Morgan fingerprint density at radius 3 is 2.53 bits per heavy atom.